The van der Waals surface area contributed by atoms with E-state index >= 15 is 0 Å². The topological polar surface area (TPSA) is 322 Å². The van der Waals surface area contributed by atoms with E-state index in [1.165, 1.54) is 48.2 Å². The standard InChI is InChI=1S/C14H8N2O8S2.C8H7NO4S.C7H5NO4S/c17-13(18)9-5-7(1-3-11(9)15(21)22)25-26-8-2-4-12(16(23)24)10(6-8)14(19)20;1-14-5-2-3-7(9(12)13)6(4-5)8(10)11;9-7(10)5-3-4(13)1-2-6(5)8(11)12/h1-6H,(H,17,18)(H,19,20);2-4H,1H3,(H,10,11);1-3,13H,(H,9,10)/p-1. The van der Waals surface area contributed by atoms with Gasteiger partial charge in [-0.05, 0) is 42.7 Å². The van der Waals surface area contributed by atoms with E-state index in [1.807, 2.05) is 0 Å². The Morgan fingerprint density at radius 1 is 0.491 bits per heavy atom. The first-order valence-electron chi connectivity index (χ1n) is 13.4. The van der Waals surface area contributed by atoms with Gasteiger partial charge in [-0.2, -0.15) is 4.90 Å². The average Bonchev–Trinajstić information content (AvgIpc) is 3.10. The number of hydrogen-bond donors (Lipinski definition) is 4. The van der Waals surface area contributed by atoms with Crippen molar-refractivity contribution in [3.05, 3.63) is 136 Å². The van der Waals surface area contributed by atoms with Crippen molar-refractivity contribution < 1.29 is 59.3 Å². The van der Waals surface area contributed by atoms with Gasteiger partial charge in [-0.25, -0.2) is 19.2 Å². The highest BCUT2D eigenvalue weighted by molar-refractivity contribution is 8.76. The molecule has 20 nitrogen and oxygen atoms in total. The highest BCUT2D eigenvalue weighted by Crippen LogP contribution is 2.40. The molecule has 276 valence electrons. The number of nitro benzene ring substituents is 4. The lowest BCUT2D eigenvalue weighted by molar-refractivity contribution is -0.385. The van der Waals surface area contributed by atoms with E-state index < -0.39 is 71.8 Å². The maximum Gasteiger partial charge on any atom is 0.342 e. The minimum Gasteiger partial charge on any atom is -0.780 e. The molecule has 0 unspecified atom stereocenters. The summed E-state index contributed by atoms with van der Waals surface area (Å²) in [5.41, 5.74) is -3.52. The molecule has 4 aromatic carbocycles. The van der Waals surface area contributed by atoms with Crippen LogP contribution in [0.1, 0.15) is 41.4 Å². The molecule has 0 bridgehead atoms. The zero-order valence-corrected chi connectivity index (χ0v) is 29.3. The summed E-state index contributed by atoms with van der Waals surface area (Å²) in [6.07, 6.45) is 1.77. The van der Waals surface area contributed by atoms with E-state index in [0.717, 1.165) is 58.0 Å². The van der Waals surface area contributed by atoms with Crippen molar-refractivity contribution in [2.24, 2.45) is 0 Å². The van der Waals surface area contributed by atoms with Crippen molar-refractivity contribution >= 4 is 92.6 Å². The Kier molecular flexibility index (Phi) is 15.6. The molecule has 0 saturated heterocycles. The molecule has 0 heterocycles. The third kappa shape index (κ3) is 12.1. The Hall–Kier alpha value is -6.37. The van der Waals surface area contributed by atoms with E-state index in [0.29, 0.717) is 14.7 Å². The van der Waals surface area contributed by atoms with Crippen LogP contribution in [0.2, 0.25) is 0 Å². The number of carbonyl (C=O) groups is 4. The highest BCUT2D eigenvalue weighted by atomic mass is 33.1. The number of aromatic carboxylic acids is 4. The normalized spacial score (nSPS) is 9.98. The Morgan fingerprint density at radius 3 is 1.04 bits per heavy atom. The van der Waals surface area contributed by atoms with Crippen molar-refractivity contribution in [1.29, 1.82) is 0 Å². The van der Waals surface area contributed by atoms with E-state index in [-0.39, 0.29) is 21.7 Å². The molecule has 0 saturated carbocycles. The molecule has 0 fully saturated rings. The lowest BCUT2D eigenvalue weighted by atomic mass is 10.2. The molecule has 4 rings (SSSR count). The largest absolute Gasteiger partial charge is 0.780 e. The number of hydrogen-bond acceptors (Lipinski definition) is 16. The fraction of sp³-hybridized carbons (Fsp3) is 0.0345. The van der Waals surface area contributed by atoms with Gasteiger partial charge >= 0.3 is 23.9 Å². The summed E-state index contributed by atoms with van der Waals surface area (Å²) in [5.74, 6) is -5.54. The van der Waals surface area contributed by atoms with Crippen molar-refractivity contribution in [1.82, 2.24) is 0 Å². The summed E-state index contributed by atoms with van der Waals surface area (Å²) in [6.45, 7) is 0. The Balaban J connectivity index is 0.000000303. The van der Waals surface area contributed by atoms with Crippen LogP contribution in [0, 0.1) is 40.5 Å². The van der Waals surface area contributed by atoms with Crippen molar-refractivity contribution in [2.45, 2.75) is 19.6 Å². The van der Waals surface area contributed by atoms with Crippen molar-refractivity contribution in [3.63, 3.8) is 0 Å². The minimum absolute atomic E-state index is 0.267. The molecule has 0 amide bonds. The molecule has 0 aliphatic carbocycles. The van der Waals surface area contributed by atoms with Crippen LogP contribution in [-0.4, -0.2) is 70.3 Å². The lowest BCUT2D eigenvalue weighted by Crippen LogP contribution is -2.02. The molecule has 0 aliphatic heterocycles. The van der Waals surface area contributed by atoms with Crippen LogP contribution in [0.15, 0.2) is 92.4 Å². The molecule has 0 aliphatic rings. The Bertz CT molecular complexity index is 2070. The molecule has 53 heavy (non-hydrogen) atoms. The molecular formula is C29H19N4O16S4-. The SMILES string of the molecule is CSc1ccc([N+](=O)[O-])c(C(=O)O)c1.O=C(O)c1cc(SSc2ccc([N+](=O)[O-])c(C(=O)O)c2)ccc1[N+](=O)[O-].O=C(O)c1cc([S-])ccc1[N+](=O)[O-]. The van der Waals surface area contributed by atoms with Gasteiger partial charge in [-0.15, -0.1) is 11.8 Å². The third-order valence-electron chi connectivity index (χ3n) is 6.05. The molecule has 0 radical (unpaired) electrons. The number of carboxylic acids is 4. The molecule has 4 N–H and O–H groups in total. The van der Waals surface area contributed by atoms with Gasteiger partial charge in [0.25, 0.3) is 22.7 Å². The Morgan fingerprint density at radius 2 is 0.755 bits per heavy atom. The monoisotopic (exact) mass is 807 g/mol. The van der Waals surface area contributed by atoms with Gasteiger partial charge in [0.1, 0.15) is 22.3 Å². The summed E-state index contributed by atoms with van der Waals surface area (Å²) in [4.78, 5) is 84.6. The van der Waals surface area contributed by atoms with Crippen LogP contribution in [0.4, 0.5) is 22.7 Å². The first kappa shape index (κ1) is 42.8. The Labute approximate surface area is 312 Å². The maximum atomic E-state index is 11.1. The van der Waals surface area contributed by atoms with E-state index in [2.05, 4.69) is 12.6 Å². The first-order chi connectivity index (χ1) is 24.8. The van der Waals surface area contributed by atoms with Gasteiger partial charge in [-0.1, -0.05) is 33.7 Å². The van der Waals surface area contributed by atoms with Crippen molar-refractivity contribution in [3.8, 4) is 0 Å². The van der Waals surface area contributed by atoms with Gasteiger partial charge in [0.2, 0.25) is 0 Å². The first-order valence-corrected chi connectivity index (χ1v) is 17.2. The summed E-state index contributed by atoms with van der Waals surface area (Å²) < 4.78 is 0. The van der Waals surface area contributed by atoms with Gasteiger partial charge in [0, 0.05) is 39.0 Å². The maximum absolute atomic E-state index is 11.1. The predicted octanol–water partition coefficient (Wildman–Crippen LogP) is 6.91. The van der Waals surface area contributed by atoms with E-state index in [9.17, 15) is 59.6 Å². The average molecular weight is 808 g/mol. The molecule has 4 aromatic rings. The molecule has 24 heteroatoms. The molecular weight excluding hydrogens is 789 g/mol. The molecule has 0 spiro atoms. The lowest BCUT2D eigenvalue weighted by Gasteiger charge is -2.05. The zero-order chi connectivity index (χ0) is 40.2. The van der Waals surface area contributed by atoms with Crippen LogP contribution < -0.4 is 0 Å². The molecule has 0 atom stereocenters. The number of rotatable bonds is 12. The van der Waals surface area contributed by atoms with Crippen molar-refractivity contribution in [2.75, 3.05) is 6.26 Å². The summed E-state index contributed by atoms with van der Waals surface area (Å²) in [6, 6.07) is 14.6. The van der Waals surface area contributed by atoms with E-state index in [1.54, 1.807) is 6.26 Å². The number of thioether (sulfide) groups is 1. The van der Waals surface area contributed by atoms with Crippen LogP contribution >= 0.6 is 33.3 Å². The smallest absolute Gasteiger partial charge is 0.342 e. The van der Waals surface area contributed by atoms with Gasteiger partial charge in [0.05, 0.1) is 19.7 Å². The second-order valence-corrected chi connectivity index (χ2v) is 13.0. The summed E-state index contributed by atoms with van der Waals surface area (Å²) in [7, 11) is 2.06. The van der Waals surface area contributed by atoms with E-state index in [4.69, 9.17) is 20.4 Å². The zero-order valence-electron chi connectivity index (χ0n) is 26.0. The van der Waals surface area contributed by atoms with Crippen LogP contribution in [-0.2, 0) is 12.6 Å². The second-order valence-electron chi connectivity index (χ2n) is 9.34. The minimum atomic E-state index is -1.45. The van der Waals surface area contributed by atoms with Gasteiger partial charge in [0.15, 0.2) is 0 Å². The summed E-state index contributed by atoms with van der Waals surface area (Å²) in [5, 5.41) is 77.9. The fourth-order valence-corrected chi connectivity index (χ4v) is 6.31. The summed E-state index contributed by atoms with van der Waals surface area (Å²) >= 11 is 6.01. The van der Waals surface area contributed by atoms with Crippen LogP contribution in [0.5, 0.6) is 0 Å². The number of nitrogens with zero attached hydrogens (tertiary/aromatic N) is 4. The fourth-order valence-electron chi connectivity index (χ4n) is 3.71. The van der Waals surface area contributed by atoms with Crippen LogP contribution in [0.25, 0.3) is 0 Å². The quantitative estimate of drug-likeness (QED) is 0.0371. The third-order valence-corrected chi connectivity index (χ3v) is 9.41. The second kappa shape index (κ2) is 19.3. The number of benzene rings is 4. The van der Waals surface area contributed by atoms with Crippen LogP contribution in [0.3, 0.4) is 0 Å². The highest BCUT2D eigenvalue weighted by Gasteiger charge is 2.23. The predicted molar refractivity (Wildman–Crippen MR) is 189 cm³/mol. The number of nitro groups is 4. The van der Waals surface area contributed by atoms with Gasteiger partial charge < -0.3 is 33.1 Å². The number of carboxylic acid groups (broad SMARTS) is 4. The van der Waals surface area contributed by atoms with Gasteiger partial charge in [-0.3, -0.25) is 40.5 Å². The molecule has 0 aromatic heterocycles.